The number of rotatable bonds is 7. The molecule has 112 valence electrons. The van der Waals surface area contributed by atoms with Gasteiger partial charge in [-0.25, -0.2) is 0 Å². The zero-order valence-electron chi connectivity index (χ0n) is 12.4. The molecule has 1 aromatic rings. The summed E-state index contributed by atoms with van der Waals surface area (Å²) in [7, 11) is 0. The van der Waals surface area contributed by atoms with Gasteiger partial charge in [0.2, 0.25) is 0 Å². The molecule has 2 rings (SSSR count). The molecule has 0 aromatic heterocycles. The van der Waals surface area contributed by atoms with Gasteiger partial charge in [-0.05, 0) is 37.4 Å². The van der Waals surface area contributed by atoms with Crippen molar-refractivity contribution >= 4 is 15.9 Å². The van der Waals surface area contributed by atoms with Crippen LogP contribution in [0.1, 0.15) is 57.1 Å². The van der Waals surface area contributed by atoms with Crippen molar-refractivity contribution in [2.75, 3.05) is 13.1 Å². The normalized spacial score (nSPS) is 18.1. The van der Waals surface area contributed by atoms with Gasteiger partial charge in [0.1, 0.15) is 0 Å². The van der Waals surface area contributed by atoms with E-state index in [1.54, 1.807) is 0 Å². The third-order valence-corrected chi connectivity index (χ3v) is 4.64. The van der Waals surface area contributed by atoms with Crippen molar-refractivity contribution in [2.24, 2.45) is 0 Å². The summed E-state index contributed by atoms with van der Waals surface area (Å²) in [5, 5.41) is 3.50. The van der Waals surface area contributed by atoms with E-state index >= 15 is 0 Å². The Bertz CT molecular complexity index is 390. The molecule has 0 amide bonds. The summed E-state index contributed by atoms with van der Waals surface area (Å²) in [4.78, 5) is 0. The first kappa shape index (κ1) is 16.0. The fraction of sp³-hybridized carbons (Fsp3) is 0.647. The summed E-state index contributed by atoms with van der Waals surface area (Å²) in [5.74, 6) is 0. The van der Waals surface area contributed by atoms with E-state index in [0.29, 0.717) is 6.10 Å². The minimum atomic E-state index is 0.153. The van der Waals surface area contributed by atoms with Crippen LogP contribution < -0.4 is 5.32 Å². The van der Waals surface area contributed by atoms with E-state index in [0.717, 1.165) is 24.0 Å². The summed E-state index contributed by atoms with van der Waals surface area (Å²) in [6.45, 7) is 4.14. The van der Waals surface area contributed by atoms with E-state index in [1.807, 2.05) is 0 Å². The zero-order chi connectivity index (χ0) is 14.2. The highest BCUT2D eigenvalue weighted by Crippen LogP contribution is 2.30. The van der Waals surface area contributed by atoms with Crippen LogP contribution >= 0.6 is 15.9 Å². The third kappa shape index (κ3) is 4.87. The van der Waals surface area contributed by atoms with Crippen molar-refractivity contribution in [3.63, 3.8) is 0 Å². The van der Waals surface area contributed by atoms with Crippen LogP contribution in [0.2, 0.25) is 0 Å². The van der Waals surface area contributed by atoms with E-state index in [9.17, 15) is 0 Å². The van der Waals surface area contributed by atoms with Crippen LogP contribution in [0.4, 0.5) is 0 Å². The average molecular weight is 340 g/mol. The van der Waals surface area contributed by atoms with E-state index in [-0.39, 0.29) is 6.10 Å². The molecular formula is C17H26BrNO. The van der Waals surface area contributed by atoms with Crippen LogP contribution in [-0.4, -0.2) is 19.2 Å². The maximum atomic E-state index is 6.41. The summed E-state index contributed by atoms with van der Waals surface area (Å²) in [5.41, 5.74) is 1.27. The van der Waals surface area contributed by atoms with Crippen LogP contribution in [0, 0.1) is 0 Å². The fourth-order valence-corrected chi connectivity index (χ4v) is 3.35. The number of nitrogens with one attached hydrogen (secondary N) is 1. The Hall–Kier alpha value is -0.380. The average Bonchev–Trinajstić information content (AvgIpc) is 2.48. The molecule has 3 heteroatoms. The maximum absolute atomic E-state index is 6.41. The summed E-state index contributed by atoms with van der Waals surface area (Å²) >= 11 is 3.66. The first-order chi connectivity index (χ1) is 9.81. The Morgan fingerprint density at radius 3 is 2.70 bits per heavy atom. The molecule has 0 aliphatic heterocycles. The molecule has 20 heavy (non-hydrogen) atoms. The van der Waals surface area contributed by atoms with Crippen LogP contribution in [0.15, 0.2) is 28.7 Å². The second kappa shape index (κ2) is 8.81. The van der Waals surface area contributed by atoms with Crippen LogP contribution in [0.3, 0.4) is 0 Å². The SMILES string of the molecule is CCCNCC(OC1CCCCC1)c1ccccc1Br. The Balaban J connectivity index is 2.01. The molecular weight excluding hydrogens is 314 g/mol. The van der Waals surface area contributed by atoms with Gasteiger partial charge in [-0.1, -0.05) is 60.3 Å². The maximum Gasteiger partial charge on any atom is 0.0963 e. The van der Waals surface area contributed by atoms with E-state index < -0.39 is 0 Å². The third-order valence-electron chi connectivity index (χ3n) is 3.92. The topological polar surface area (TPSA) is 21.3 Å². The van der Waals surface area contributed by atoms with Gasteiger partial charge >= 0.3 is 0 Å². The highest BCUT2D eigenvalue weighted by molar-refractivity contribution is 9.10. The lowest BCUT2D eigenvalue weighted by Gasteiger charge is -2.28. The number of halogens is 1. The second-order valence-corrected chi connectivity index (χ2v) is 6.46. The monoisotopic (exact) mass is 339 g/mol. The summed E-state index contributed by atoms with van der Waals surface area (Å²) < 4.78 is 7.56. The Morgan fingerprint density at radius 2 is 2.00 bits per heavy atom. The molecule has 2 nitrogen and oxygen atoms in total. The largest absolute Gasteiger partial charge is 0.369 e. The van der Waals surface area contributed by atoms with Gasteiger partial charge in [0.15, 0.2) is 0 Å². The van der Waals surface area contributed by atoms with Crippen molar-refractivity contribution in [2.45, 2.75) is 57.7 Å². The molecule has 1 aliphatic rings. The first-order valence-corrected chi connectivity index (χ1v) is 8.71. The van der Waals surface area contributed by atoms with Crippen LogP contribution in [-0.2, 0) is 4.74 Å². The molecule has 0 bridgehead atoms. The first-order valence-electron chi connectivity index (χ1n) is 7.92. The lowest BCUT2D eigenvalue weighted by atomic mass is 9.97. The molecule has 1 saturated carbocycles. The van der Waals surface area contributed by atoms with Gasteiger partial charge in [0, 0.05) is 11.0 Å². The lowest BCUT2D eigenvalue weighted by Crippen LogP contribution is -2.28. The van der Waals surface area contributed by atoms with Gasteiger partial charge in [0.05, 0.1) is 12.2 Å². The van der Waals surface area contributed by atoms with Crippen molar-refractivity contribution in [1.82, 2.24) is 5.32 Å². The fourth-order valence-electron chi connectivity index (χ4n) is 2.81. The number of hydrogen-bond acceptors (Lipinski definition) is 2. The molecule has 0 spiro atoms. The van der Waals surface area contributed by atoms with E-state index in [1.165, 1.54) is 37.7 Å². The van der Waals surface area contributed by atoms with Crippen molar-refractivity contribution in [3.8, 4) is 0 Å². The Morgan fingerprint density at radius 1 is 1.25 bits per heavy atom. The highest BCUT2D eigenvalue weighted by atomic mass is 79.9. The molecule has 0 heterocycles. The smallest absolute Gasteiger partial charge is 0.0963 e. The standard InChI is InChI=1S/C17H26BrNO/c1-2-12-19-13-17(15-10-6-7-11-16(15)18)20-14-8-4-3-5-9-14/h6-7,10-11,14,17,19H,2-5,8-9,12-13H2,1H3. The zero-order valence-corrected chi connectivity index (χ0v) is 14.0. The second-order valence-electron chi connectivity index (χ2n) is 5.61. The predicted molar refractivity (Wildman–Crippen MR) is 88.0 cm³/mol. The van der Waals surface area contributed by atoms with Gasteiger partial charge in [-0.15, -0.1) is 0 Å². The number of ether oxygens (including phenoxy) is 1. The lowest BCUT2D eigenvalue weighted by molar-refractivity contribution is -0.0308. The number of benzene rings is 1. The molecule has 1 N–H and O–H groups in total. The van der Waals surface area contributed by atoms with Crippen molar-refractivity contribution < 1.29 is 4.74 Å². The minimum Gasteiger partial charge on any atom is -0.369 e. The van der Waals surface area contributed by atoms with Gasteiger partial charge in [0.25, 0.3) is 0 Å². The van der Waals surface area contributed by atoms with Gasteiger partial charge < -0.3 is 10.1 Å². The van der Waals surface area contributed by atoms with E-state index in [2.05, 4.69) is 52.4 Å². The van der Waals surface area contributed by atoms with Gasteiger partial charge in [-0.3, -0.25) is 0 Å². The van der Waals surface area contributed by atoms with Crippen LogP contribution in [0.25, 0.3) is 0 Å². The summed E-state index contributed by atoms with van der Waals surface area (Å²) in [6, 6.07) is 8.43. The Kier molecular flexibility index (Phi) is 7.05. The quantitative estimate of drug-likeness (QED) is 0.717. The van der Waals surface area contributed by atoms with Gasteiger partial charge in [-0.2, -0.15) is 0 Å². The Labute approximate surface area is 131 Å². The molecule has 1 aliphatic carbocycles. The van der Waals surface area contributed by atoms with Crippen molar-refractivity contribution in [3.05, 3.63) is 34.3 Å². The van der Waals surface area contributed by atoms with Crippen LogP contribution in [0.5, 0.6) is 0 Å². The molecule has 0 radical (unpaired) electrons. The predicted octanol–water partition coefficient (Wildman–Crippen LogP) is 4.84. The van der Waals surface area contributed by atoms with Crippen molar-refractivity contribution in [1.29, 1.82) is 0 Å². The molecule has 1 atom stereocenters. The summed E-state index contributed by atoms with van der Waals surface area (Å²) in [6.07, 6.45) is 8.18. The van der Waals surface area contributed by atoms with E-state index in [4.69, 9.17) is 4.74 Å². The molecule has 1 fully saturated rings. The molecule has 1 unspecified atom stereocenters. The molecule has 1 aromatic carbocycles. The highest BCUT2D eigenvalue weighted by Gasteiger charge is 2.21. The number of hydrogen-bond donors (Lipinski definition) is 1. The molecule has 0 saturated heterocycles. The minimum absolute atomic E-state index is 0.153.